The van der Waals surface area contributed by atoms with E-state index in [0.29, 0.717) is 23.5 Å². The molecule has 0 unspecified atom stereocenters. The lowest BCUT2D eigenvalue weighted by Gasteiger charge is -1.98. The van der Waals surface area contributed by atoms with Gasteiger partial charge in [0.25, 0.3) is 5.91 Å². The molecule has 2 N–H and O–H groups in total. The Morgan fingerprint density at radius 1 is 1.45 bits per heavy atom. The quantitative estimate of drug-likeness (QED) is 0.848. The van der Waals surface area contributed by atoms with Crippen LogP contribution in [0.2, 0.25) is 0 Å². The van der Waals surface area contributed by atoms with Crippen molar-refractivity contribution in [3.63, 3.8) is 0 Å². The van der Waals surface area contributed by atoms with Gasteiger partial charge in [0.2, 0.25) is 5.13 Å². The lowest BCUT2D eigenvalue weighted by Crippen LogP contribution is -2.12. The van der Waals surface area contributed by atoms with Crippen molar-refractivity contribution < 1.29 is 9.53 Å². The van der Waals surface area contributed by atoms with E-state index in [1.165, 1.54) is 35.5 Å². The zero-order valence-electron chi connectivity index (χ0n) is 10.8. The summed E-state index contributed by atoms with van der Waals surface area (Å²) in [7, 11) is 1.59. The fraction of sp³-hybridized carbons (Fsp3) is 0.455. The highest BCUT2D eigenvalue weighted by Gasteiger charge is 2.22. The molecule has 2 heterocycles. The normalized spacial score (nSPS) is 14.2. The van der Waals surface area contributed by atoms with Crippen LogP contribution in [0.15, 0.2) is 5.38 Å². The Bertz CT molecular complexity index is 607. The molecule has 1 aliphatic carbocycles. The fourth-order valence-electron chi connectivity index (χ4n) is 1.49. The van der Waals surface area contributed by atoms with Gasteiger partial charge in [0.15, 0.2) is 5.13 Å². The van der Waals surface area contributed by atoms with Crippen molar-refractivity contribution in [2.45, 2.75) is 25.5 Å². The highest BCUT2D eigenvalue weighted by molar-refractivity contribution is 7.15. The number of hydrogen-bond acceptors (Lipinski definition) is 8. The van der Waals surface area contributed by atoms with Gasteiger partial charge in [0.05, 0.1) is 0 Å². The maximum absolute atomic E-state index is 12.0. The molecule has 7 nitrogen and oxygen atoms in total. The molecule has 0 atom stereocenters. The molecule has 0 saturated heterocycles. The number of carbonyl (C=O) groups is 1. The summed E-state index contributed by atoms with van der Waals surface area (Å²) in [6.07, 6.45) is 2.35. The summed E-state index contributed by atoms with van der Waals surface area (Å²) in [5.74, 6) is -0.273. The number of amides is 1. The fourth-order valence-corrected chi connectivity index (χ4v) is 2.97. The van der Waals surface area contributed by atoms with Crippen LogP contribution in [0.25, 0.3) is 0 Å². The van der Waals surface area contributed by atoms with Crippen LogP contribution in [0.3, 0.4) is 0 Å². The van der Waals surface area contributed by atoms with Crippen LogP contribution < -0.4 is 10.6 Å². The van der Waals surface area contributed by atoms with Crippen LogP contribution in [0, 0.1) is 0 Å². The van der Waals surface area contributed by atoms with Crippen molar-refractivity contribution in [3.8, 4) is 0 Å². The van der Waals surface area contributed by atoms with Gasteiger partial charge in [-0.1, -0.05) is 11.3 Å². The second kappa shape index (κ2) is 5.81. The summed E-state index contributed by atoms with van der Waals surface area (Å²) in [5.41, 5.74) is 0.390. The Kier molecular flexibility index (Phi) is 3.90. The first kappa shape index (κ1) is 13.4. The van der Waals surface area contributed by atoms with Crippen molar-refractivity contribution in [3.05, 3.63) is 16.1 Å². The van der Waals surface area contributed by atoms with E-state index in [-0.39, 0.29) is 5.91 Å². The first-order valence-corrected chi connectivity index (χ1v) is 7.79. The van der Waals surface area contributed by atoms with Crippen molar-refractivity contribution in [2.24, 2.45) is 0 Å². The lowest BCUT2D eigenvalue weighted by molar-refractivity contribution is 0.102. The number of hydrogen-bond donors (Lipinski definition) is 2. The van der Waals surface area contributed by atoms with E-state index in [1.54, 1.807) is 12.5 Å². The van der Waals surface area contributed by atoms with Crippen LogP contribution >= 0.6 is 22.7 Å². The number of nitrogens with zero attached hydrogens (tertiary/aromatic N) is 3. The molecule has 0 spiro atoms. The summed E-state index contributed by atoms with van der Waals surface area (Å²) in [4.78, 5) is 16.3. The Morgan fingerprint density at radius 3 is 3.05 bits per heavy atom. The molecule has 2 aromatic rings. The predicted molar refractivity (Wildman–Crippen MR) is 77.3 cm³/mol. The summed E-state index contributed by atoms with van der Waals surface area (Å²) in [6.45, 7) is 0.389. The smallest absolute Gasteiger partial charge is 0.277 e. The molecule has 1 fully saturated rings. The van der Waals surface area contributed by atoms with Crippen LogP contribution in [-0.4, -0.2) is 34.2 Å². The van der Waals surface area contributed by atoms with Gasteiger partial charge in [-0.3, -0.25) is 10.1 Å². The third kappa shape index (κ3) is 3.30. The number of carbonyl (C=O) groups excluding carboxylic acids is 1. The van der Waals surface area contributed by atoms with Gasteiger partial charge in [-0.25, -0.2) is 4.98 Å². The highest BCUT2D eigenvalue weighted by Crippen LogP contribution is 2.27. The van der Waals surface area contributed by atoms with E-state index in [9.17, 15) is 4.79 Å². The molecular formula is C11H13N5O2S2. The molecule has 3 rings (SSSR count). The molecule has 1 aliphatic rings. The lowest BCUT2D eigenvalue weighted by atomic mass is 10.5. The molecule has 9 heteroatoms. The van der Waals surface area contributed by atoms with Crippen molar-refractivity contribution in [1.29, 1.82) is 0 Å². The Balaban J connectivity index is 1.60. The van der Waals surface area contributed by atoms with Gasteiger partial charge in [-0.2, -0.15) is 0 Å². The van der Waals surface area contributed by atoms with Crippen LogP contribution in [-0.2, 0) is 11.3 Å². The van der Waals surface area contributed by atoms with E-state index in [2.05, 4.69) is 25.8 Å². The molecule has 20 heavy (non-hydrogen) atoms. The summed E-state index contributed by atoms with van der Waals surface area (Å²) in [6, 6.07) is 0.525. The minimum absolute atomic E-state index is 0.273. The average Bonchev–Trinajstić information content (AvgIpc) is 2.93. The van der Waals surface area contributed by atoms with Crippen LogP contribution in [0.5, 0.6) is 0 Å². The topological polar surface area (TPSA) is 89.0 Å². The minimum Gasteiger partial charge on any atom is -0.377 e. The molecule has 0 aromatic carbocycles. The second-order valence-electron chi connectivity index (χ2n) is 4.34. The first-order valence-electron chi connectivity index (χ1n) is 6.09. The number of methoxy groups -OCH3 is 1. The second-order valence-corrected chi connectivity index (χ2v) is 6.26. The summed E-state index contributed by atoms with van der Waals surface area (Å²) >= 11 is 2.72. The number of thiazole rings is 1. The molecule has 0 bridgehead atoms. The summed E-state index contributed by atoms with van der Waals surface area (Å²) < 4.78 is 4.95. The molecule has 0 radical (unpaired) electrons. The maximum Gasteiger partial charge on any atom is 0.277 e. The first-order chi connectivity index (χ1) is 9.74. The maximum atomic E-state index is 12.0. The van der Waals surface area contributed by atoms with E-state index < -0.39 is 0 Å². The molecule has 1 saturated carbocycles. The molecule has 106 valence electrons. The van der Waals surface area contributed by atoms with Gasteiger partial charge >= 0.3 is 0 Å². The van der Waals surface area contributed by atoms with E-state index in [4.69, 9.17) is 4.74 Å². The monoisotopic (exact) mass is 311 g/mol. The molecule has 2 aromatic heterocycles. The predicted octanol–water partition coefficient (Wildman–Crippen LogP) is 1.97. The standard InChI is InChI=1S/C11H13N5O2S2/c1-18-4-8-15-16-11(20-8)14-9(17)7-5-19-10(13-7)12-6-2-3-6/h5-6H,2-4H2,1H3,(H,12,13)(H,14,16,17). The van der Waals surface area contributed by atoms with E-state index >= 15 is 0 Å². The summed E-state index contributed by atoms with van der Waals surface area (Å²) in [5, 5.41) is 17.4. The van der Waals surface area contributed by atoms with Crippen molar-refractivity contribution in [2.75, 3.05) is 17.7 Å². The van der Waals surface area contributed by atoms with Crippen LogP contribution in [0.1, 0.15) is 28.3 Å². The van der Waals surface area contributed by atoms with Crippen molar-refractivity contribution >= 4 is 38.8 Å². The number of nitrogens with one attached hydrogen (secondary N) is 2. The highest BCUT2D eigenvalue weighted by atomic mass is 32.1. The van der Waals surface area contributed by atoms with Gasteiger partial charge < -0.3 is 10.1 Å². The zero-order chi connectivity index (χ0) is 13.9. The Hall–Kier alpha value is -1.58. The average molecular weight is 311 g/mol. The number of anilines is 2. The Labute approximate surface area is 123 Å². The third-order valence-electron chi connectivity index (χ3n) is 2.60. The van der Waals surface area contributed by atoms with Gasteiger partial charge in [0, 0.05) is 18.5 Å². The van der Waals surface area contributed by atoms with Gasteiger partial charge in [-0.05, 0) is 12.8 Å². The molecule has 1 amide bonds. The Morgan fingerprint density at radius 2 is 2.30 bits per heavy atom. The van der Waals surface area contributed by atoms with Crippen molar-refractivity contribution in [1.82, 2.24) is 15.2 Å². The molecular weight excluding hydrogens is 298 g/mol. The zero-order valence-corrected chi connectivity index (χ0v) is 12.4. The largest absolute Gasteiger partial charge is 0.377 e. The molecule has 0 aliphatic heterocycles. The number of rotatable bonds is 6. The van der Waals surface area contributed by atoms with Gasteiger partial charge in [-0.15, -0.1) is 21.5 Å². The van der Waals surface area contributed by atoms with E-state index in [1.807, 2.05) is 0 Å². The number of aromatic nitrogens is 3. The SMILES string of the molecule is COCc1nnc(NC(=O)c2csc(NC3CC3)n2)s1. The van der Waals surface area contributed by atoms with Crippen LogP contribution in [0.4, 0.5) is 10.3 Å². The number of ether oxygens (including phenoxy) is 1. The van der Waals surface area contributed by atoms with Gasteiger partial charge in [0.1, 0.15) is 17.3 Å². The third-order valence-corrected chi connectivity index (χ3v) is 4.18. The minimum atomic E-state index is -0.273. The van der Waals surface area contributed by atoms with E-state index in [0.717, 1.165) is 10.1 Å².